The molecule has 1 aromatic rings. The van der Waals surface area contributed by atoms with Gasteiger partial charge in [0.05, 0.1) is 11.1 Å². The van der Waals surface area contributed by atoms with Gasteiger partial charge in [0.2, 0.25) is 0 Å². The molecule has 1 rings (SSSR count). The zero-order valence-electron chi connectivity index (χ0n) is 8.84. The Kier molecular flexibility index (Phi) is 3.55. The van der Waals surface area contributed by atoms with Gasteiger partial charge >= 0.3 is 12.1 Å². The van der Waals surface area contributed by atoms with Crippen molar-refractivity contribution in [2.45, 2.75) is 19.5 Å². The highest BCUT2D eigenvalue weighted by atomic mass is 19.4. The van der Waals surface area contributed by atoms with Crippen molar-refractivity contribution in [2.24, 2.45) is 0 Å². The van der Waals surface area contributed by atoms with Gasteiger partial charge in [-0.3, -0.25) is 4.79 Å². The summed E-state index contributed by atoms with van der Waals surface area (Å²) in [6, 6.07) is 2.76. The van der Waals surface area contributed by atoms with Gasteiger partial charge in [-0.2, -0.15) is 13.2 Å². The summed E-state index contributed by atoms with van der Waals surface area (Å²) >= 11 is 0. The molecular formula is C11H9F3O3. The molecule has 6 heteroatoms. The average Bonchev–Trinajstić information content (AvgIpc) is 2.25. The maximum absolute atomic E-state index is 12.6. The second-order valence-electron chi connectivity index (χ2n) is 3.31. The number of halogens is 3. The van der Waals surface area contributed by atoms with E-state index < -0.39 is 34.6 Å². The number of Topliss-reactive ketones (excluding diaryl/α,β-unsaturated/α-hetero) is 1. The Balaban J connectivity index is 3.54. The van der Waals surface area contributed by atoms with Crippen LogP contribution in [0.3, 0.4) is 0 Å². The predicted octanol–water partition coefficient (Wildman–Crippen LogP) is 3.00. The third kappa shape index (κ3) is 2.64. The first-order valence-corrected chi connectivity index (χ1v) is 4.75. The van der Waals surface area contributed by atoms with Crippen molar-refractivity contribution < 1.29 is 27.9 Å². The highest BCUT2D eigenvalue weighted by Crippen LogP contribution is 2.33. The van der Waals surface area contributed by atoms with Gasteiger partial charge in [-0.05, 0) is 6.07 Å². The van der Waals surface area contributed by atoms with Gasteiger partial charge in [-0.25, -0.2) is 4.79 Å². The van der Waals surface area contributed by atoms with Crippen LogP contribution < -0.4 is 0 Å². The minimum atomic E-state index is -4.79. The first-order chi connectivity index (χ1) is 7.79. The Labute approximate surface area is 94.9 Å². The van der Waals surface area contributed by atoms with Gasteiger partial charge in [-0.15, -0.1) is 0 Å². The highest BCUT2D eigenvalue weighted by Gasteiger charge is 2.37. The summed E-state index contributed by atoms with van der Waals surface area (Å²) in [6.07, 6.45) is -4.85. The number of benzene rings is 1. The Bertz CT molecular complexity index is 464. The SMILES string of the molecule is CCC(=O)c1cccc(C(F)(F)F)c1C(=O)O. The number of ketones is 1. The molecule has 0 aliphatic carbocycles. The lowest BCUT2D eigenvalue weighted by Gasteiger charge is -2.12. The fraction of sp³-hybridized carbons (Fsp3) is 0.273. The van der Waals surface area contributed by atoms with E-state index in [1.807, 2.05) is 0 Å². The molecule has 1 aromatic carbocycles. The van der Waals surface area contributed by atoms with E-state index in [0.29, 0.717) is 6.07 Å². The van der Waals surface area contributed by atoms with Crippen molar-refractivity contribution in [3.8, 4) is 0 Å². The van der Waals surface area contributed by atoms with Crippen molar-refractivity contribution in [1.29, 1.82) is 0 Å². The van der Waals surface area contributed by atoms with Crippen LogP contribution in [-0.4, -0.2) is 16.9 Å². The average molecular weight is 246 g/mol. The molecule has 0 spiro atoms. The number of aromatic carboxylic acids is 1. The molecule has 0 atom stereocenters. The number of carboxylic acid groups (broad SMARTS) is 1. The van der Waals surface area contributed by atoms with Crippen LogP contribution in [-0.2, 0) is 6.18 Å². The summed E-state index contributed by atoms with van der Waals surface area (Å²) in [6.45, 7) is 1.45. The van der Waals surface area contributed by atoms with E-state index in [0.717, 1.165) is 12.1 Å². The molecule has 0 heterocycles. The van der Waals surface area contributed by atoms with Crippen LogP contribution in [0.25, 0.3) is 0 Å². The van der Waals surface area contributed by atoms with Crippen molar-refractivity contribution in [1.82, 2.24) is 0 Å². The van der Waals surface area contributed by atoms with Crippen molar-refractivity contribution in [2.75, 3.05) is 0 Å². The molecule has 92 valence electrons. The summed E-state index contributed by atoms with van der Waals surface area (Å²) in [5.41, 5.74) is -2.69. The normalized spacial score (nSPS) is 11.3. The first-order valence-electron chi connectivity index (χ1n) is 4.75. The number of alkyl halides is 3. The summed E-state index contributed by atoms with van der Waals surface area (Å²) in [5.74, 6) is -2.39. The molecule has 0 aromatic heterocycles. The van der Waals surface area contributed by atoms with Crippen LogP contribution >= 0.6 is 0 Å². The number of carbonyl (C=O) groups excluding carboxylic acids is 1. The van der Waals surface area contributed by atoms with Gasteiger partial charge in [-0.1, -0.05) is 19.1 Å². The topological polar surface area (TPSA) is 54.4 Å². The maximum atomic E-state index is 12.6. The van der Waals surface area contributed by atoms with E-state index in [-0.39, 0.29) is 6.42 Å². The molecular weight excluding hydrogens is 237 g/mol. The van der Waals surface area contributed by atoms with E-state index in [4.69, 9.17) is 5.11 Å². The molecule has 0 saturated heterocycles. The van der Waals surface area contributed by atoms with Crippen LogP contribution in [0.1, 0.15) is 39.6 Å². The minimum Gasteiger partial charge on any atom is -0.478 e. The number of hydrogen-bond donors (Lipinski definition) is 1. The van der Waals surface area contributed by atoms with Crippen LogP contribution in [0.4, 0.5) is 13.2 Å². The zero-order chi connectivity index (χ0) is 13.2. The molecule has 0 aliphatic heterocycles. The Morgan fingerprint density at radius 3 is 2.29 bits per heavy atom. The number of rotatable bonds is 3. The summed E-state index contributed by atoms with van der Waals surface area (Å²) in [7, 11) is 0. The monoisotopic (exact) mass is 246 g/mol. The van der Waals surface area contributed by atoms with Gasteiger partial charge in [0.15, 0.2) is 5.78 Å². The Morgan fingerprint density at radius 2 is 1.88 bits per heavy atom. The maximum Gasteiger partial charge on any atom is 0.417 e. The second kappa shape index (κ2) is 4.57. The van der Waals surface area contributed by atoms with E-state index >= 15 is 0 Å². The van der Waals surface area contributed by atoms with Gasteiger partial charge in [0.25, 0.3) is 0 Å². The second-order valence-corrected chi connectivity index (χ2v) is 3.31. The molecule has 1 N–H and O–H groups in total. The van der Waals surface area contributed by atoms with Gasteiger partial charge < -0.3 is 5.11 Å². The van der Waals surface area contributed by atoms with E-state index in [1.165, 1.54) is 6.92 Å². The zero-order valence-corrected chi connectivity index (χ0v) is 8.84. The number of carboxylic acids is 1. The predicted molar refractivity (Wildman–Crippen MR) is 53.0 cm³/mol. The number of carbonyl (C=O) groups is 2. The van der Waals surface area contributed by atoms with Crippen LogP contribution in [0, 0.1) is 0 Å². The van der Waals surface area contributed by atoms with Crippen molar-refractivity contribution in [3.63, 3.8) is 0 Å². The molecule has 3 nitrogen and oxygen atoms in total. The Morgan fingerprint density at radius 1 is 1.29 bits per heavy atom. The molecule has 0 unspecified atom stereocenters. The lowest BCUT2D eigenvalue weighted by Crippen LogP contribution is -2.17. The minimum absolute atomic E-state index is 0.0540. The fourth-order valence-corrected chi connectivity index (χ4v) is 1.44. The van der Waals surface area contributed by atoms with Gasteiger partial charge in [0, 0.05) is 12.0 Å². The highest BCUT2D eigenvalue weighted by molar-refractivity contribution is 6.06. The van der Waals surface area contributed by atoms with Crippen LogP contribution in [0.5, 0.6) is 0 Å². The lowest BCUT2D eigenvalue weighted by molar-refractivity contribution is -0.138. The van der Waals surface area contributed by atoms with E-state index in [2.05, 4.69) is 0 Å². The fourth-order valence-electron chi connectivity index (χ4n) is 1.44. The molecule has 0 aliphatic rings. The quantitative estimate of drug-likeness (QED) is 0.834. The lowest BCUT2D eigenvalue weighted by atomic mass is 9.96. The van der Waals surface area contributed by atoms with Crippen LogP contribution in [0.2, 0.25) is 0 Å². The molecule has 17 heavy (non-hydrogen) atoms. The first kappa shape index (κ1) is 13.2. The molecule has 0 bridgehead atoms. The molecule has 0 radical (unpaired) electrons. The molecule has 0 amide bonds. The van der Waals surface area contributed by atoms with Crippen molar-refractivity contribution >= 4 is 11.8 Å². The number of hydrogen-bond acceptors (Lipinski definition) is 2. The molecule has 0 saturated carbocycles. The third-order valence-corrected chi connectivity index (χ3v) is 2.21. The third-order valence-electron chi connectivity index (χ3n) is 2.21. The van der Waals surface area contributed by atoms with Crippen LogP contribution in [0.15, 0.2) is 18.2 Å². The smallest absolute Gasteiger partial charge is 0.417 e. The van der Waals surface area contributed by atoms with E-state index in [9.17, 15) is 22.8 Å². The Hall–Kier alpha value is -1.85. The summed E-state index contributed by atoms with van der Waals surface area (Å²) < 4.78 is 37.7. The largest absolute Gasteiger partial charge is 0.478 e. The van der Waals surface area contributed by atoms with E-state index in [1.54, 1.807) is 0 Å². The standard InChI is InChI=1S/C11H9F3O3/c1-2-8(15)6-4-3-5-7(11(12,13)14)9(6)10(16)17/h3-5H,2H2,1H3,(H,16,17). The summed E-state index contributed by atoms with van der Waals surface area (Å²) in [5, 5.41) is 8.80. The van der Waals surface area contributed by atoms with Gasteiger partial charge in [0.1, 0.15) is 0 Å². The molecule has 0 fully saturated rings. The van der Waals surface area contributed by atoms with Crippen molar-refractivity contribution in [3.05, 3.63) is 34.9 Å². The summed E-state index contributed by atoms with van der Waals surface area (Å²) in [4.78, 5) is 22.2.